The molecule has 1 aliphatic heterocycles. The van der Waals surface area contributed by atoms with Gasteiger partial charge in [-0.25, -0.2) is 0 Å². The van der Waals surface area contributed by atoms with Crippen molar-refractivity contribution in [2.75, 3.05) is 13.2 Å². The number of allylic oxidation sites excluding steroid dienone is 13. The van der Waals surface area contributed by atoms with Gasteiger partial charge in [-0.1, -0.05) is 234 Å². The molecule has 1 fully saturated rings. The van der Waals surface area contributed by atoms with Gasteiger partial charge in [0, 0.05) is 6.42 Å². The predicted molar refractivity (Wildman–Crippen MR) is 301 cm³/mol. The van der Waals surface area contributed by atoms with E-state index < -0.39 is 67.4 Å². The molecule has 420 valence electrons. The van der Waals surface area contributed by atoms with Gasteiger partial charge in [-0.3, -0.25) is 9.59 Å². The molecule has 0 aromatic heterocycles. The van der Waals surface area contributed by atoms with Crippen LogP contribution in [0.25, 0.3) is 0 Å². The van der Waals surface area contributed by atoms with Crippen molar-refractivity contribution < 1.29 is 49.3 Å². The molecule has 0 spiro atoms. The Morgan fingerprint density at radius 1 is 0.548 bits per heavy atom. The first-order chi connectivity index (χ1) is 35.7. The van der Waals surface area contributed by atoms with Gasteiger partial charge in [-0.2, -0.15) is 0 Å². The fraction of sp³-hybridized carbons (Fsp3) is 0.742. The van der Waals surface area contributed by atoms with Crippen LogP contribution in [0, 0.1) is 0 Å². The van der Waals surface area contributed by atoms with Gasteiger partial charge in [-0.15, -0.1) is 0 Å². The number of amides is 1. The Labute approximate surface area is 444 Å². The third kappa shape index (κ3) is 38.1. The monoisotopic (exact) mass is 1030 g/mol. The van der Waals surface area contributed by atoms with Crippen molar-refractivity contribution in [3.8, 4) is 0 Å². The third-order valence-electron chi connectivity index (χ3n) is 13.3. The van der Waals surface area contributed by atoms with Crippen LogP contribution in [-0.4, -0.2) is 99.6 Å². The molecule has 73 heavy (non-hydrogen) atoms. The number of ether oxygens (including phenoxy) is 3. The van der Waals surface area contributed by atoms with Gasteiger partial charge >= 0.3 is 5.97 Å². The lowest BCUT2D eigenvalue weighted by Crippen LogP contribution is -2.61. The average Bonchev–Trinajstić information content (AvgIpc) is 3.39. The maximum atomic E-state index is 13.3. The molecular weight excluding hydrogens is 919 g/mol. The lowest BCUT2D eigenvalue weighted by molar-refractivity contribution is -0.305. The molecule has 1 amide bonds. The summed E-state index contributed by atoms with van der Waals surface area (Å²) in [6.45, 7) is 5.62. The Kier molecular flexibility index (Phi) is 46.2. The topological polar surface area (TPSA) is 175 Å². The highest BCUT2D eigenvalue weighted by Crippen LogP contribution is 2.26. The maximum Gasteiger partial charge on any atom is 0.306 e. The standard InChI is InChI=1S/C62H107NO10/c1-4-7-10-13-16-19-22-23-24-25-26-27-28-29-30-31-32-33-35-38-41-44-47-50-57(67)73-60-59(69)58(68)56(51-64)72-62(60)71-52-53(54(65)48-45-42-39-37-34-20-17-14-11-8-5-2)63-61(70)55(66)49-46-43-40-36-21-18-15-12-9-6-3/h7,10,16,19,23-24,26-27,29-30,32-33,45,48,53-56,58-60,62,64-66,68-69H,4-6,8-9,11-15,17-18,20-22,25,28,31,34-44,46-47,49-52H2,1-3H3,(H,63,70)/b10-7-,19-16-,24-23-,27-26-,30-29-,33-32-,48-45+. The zero-order valence-corrected chi connectivity index (χ0v) is 46.2. The Morgan fingerprint density at radius 2 is 0.986 bits per heavy atom. The molecule has 0 aromatic carbocycles. The van der Waals surface area contributed by atoms with Crippen LogP contribution in [0.5, 0.6) is 0 Å². The third-order valence-corrected chi connectivity index (χ3v) is 13.3. The molecule has 0 aliphatic carbocycles. The number of carbonyl (C=O) groups is 2. The quantitative estimate of drug-likeness (QED) is 0.0195. The van der Waals surface area contributed by atoms with Gasteiger partial charge in [0.2, 0.25) is 5.91 Å². The van der Waals surface area contributed by atoms with E-state index in [1.807, 2.05) is 6.08 Å². The van der Waals surface area contributed by atoms with Crippen LogP contribution in [0.1, 0.15) is 233 Å². The summed E-state index contributed by atoms with van der Waals surface area (Å²) >= 11 is 0. The molecule has 0 bridgehead atoms. The molecule has 0 saturated carbocycles. The molecule has 1 heterocycles. The first-order valence-electron chi connectivity index (χ1n) is 29.4. The number of rotatable bonds is 48. The molecule has 11 nitrogen and oxygen atoms in total. The second-order valence-corrected chi connectivity index (χ2v) is 20.0. The SMILES string of the molecule is CC/C=C\C/C=C\C/C=C\C/C=C\C/C=C\C/C=C\CCCCCCC(=O)OC1C(OCC(NC(=O)C(O)CCCCCCCCCCCC)C(O)/C=C/CCCCCCCCCCC)OC(CO)C(O)C1O. The van der Waals surface area contributed by atoms with Crippen LogP contribution in [0.15, 0.2) is 85.1 Å². The highest BCUT2D eigenvalue weighted by atomic mass is 16.7. The second kappa shape index (κ2) is 49.7. The number of esters is 1. The van der Waals surface area contributed by atoms with E-state index in [-0.39, 0.29) is 19.4 Å². The van der Waals surface area contributed by atoms with Gasteiger partial charge < -0.3 is 45.1 Å². The Balaban J connectivity index is 2.67. The highest BCUT2D eigenvalue weighted by Gasteiger charge is 2.47. The Hall–Kier alpha value is -3.16. The van der Waals surface area contributed by atoms with Crippen LogP contribution in [0.3, 0.4) is 0 Å². The van der Waals surface area contributed by atoms with Gasteiger partial charge in [-0.05, 0) is 77.0 Å². The number of aliphatic hydroxyl groups excluding tert-OH is 5. The number of aliphatic hydroxyl groups is 5. The summed E-state index contributed by atoms with van der Waals surface area (Å²) in [5, 5.41) is 56.7. The normalized spacial score (nSPS) is 20.0. The van der Waals surface area contributed by atoms with Gasteiger partial charge in [0.1, 0.15) is 24.4 Å². The van der Waals surface area contributed by atoms with Crippen LogP contribution < -0.4 is 5.32 Å². The summed E-state index contributed by atoms with van der Waals surface area (Å²) in [7, 11) is 0. The maximum absolute atomic E-state index is 13.3. The molecule has 1 saturated heterocycles. The smallest absolute Gasteiger partial charge is 0.306 e. The zero-order chi connectivity index (χ0) is 53.3. The second-order valence-electron chi connectivity index (χ2n) is 20.0. The molecular formula is C62H107NO10. The van der Waals surface area contributed by atoms with E-state index in [2.05, 4.69) is 99.0 Å². The summed E-state index contributed by atoms with van der Waals surface area (Å²) in [5.41, 5.74) is 0. The van der Waals surface area contributed by atoms with E-state index in [0.717, 1.165) is 103 Å². The van der Waals surface area contributed by atoms with Gasteiger partial charge in [0.25, 0.3) is 0 Å². The molecule has 0 radical (unpaired) electrons. The van der Waals surface area contributed by atoms with Crippen molar-refractivity contribution in [1.29, 1.82) is 0 Å². The summed E-state index contributed by atoms with van der Waals surface area (Å²) in [6.07, 6.45) is 53.5. The molecule has 1 rings (SSSR count). The van der Waals surface area contributed by atoms with Crippen LogP contribution >= 0.6 is 0 Å². The summed E-state index contributed by atoms with van der Waals surface area (Å²) in [4.78, 5) is 26.4. The minimum absolute atomic E-state index is 0.0907. The Morgan fingerprint density at radius 3 is 1.48 bits per heavy atom. The van der Waals surface area contributed by atoms with Crippen LogP contribution in [-0.2, 0) is 23.8 Å². The fourth-order valence-corrected chi connectivity index (χ4v) is 8.65. The first-order valence-corrected chi connectivity index (χ1v) is 29.4. The number of unbranched alkanes of at least 4 members (excludes halogenated alkanes) is 22. The van der Waals surface area contributed by atoms with Crippen molar-refractivity contribution in [2.45, 2.75) is 282 Å². The molecule has 6 N–H and O–H groups in total. The van der Waals surface area contributed by atoms with E-state index in [0.29, 0.717) is 12.8 Å². The predicted octanol–water partition coefficient (Wildman–Crippen LogP) is 13.4. The van der Waals surface area contributed by atoms with Crippen molar-refractivity contribution in [1.82, 2.24) is 5.32 Å². The molecule has 1 aliphatic rings. The average molecular weight is 1030 g/mol. The van der Waals surface area contributed by atoms with E-state index in [9.17, 15) is 35.1 Å². The van der Waals surface area contributed by atoms with E-state index >= 15 is 0 Å². The minimum Gasteiger partial charge on any atom is -0.454 e. The van der Waals surface area contributed by atoms with Crippen molar-refractivity contribution in [3.63, 3.8) is 0 Å². The largest absolute Gasteiger partial charge is 0.454 e. The van der Waals surface area contributed by atoms with Gasteiger partial charge in [0.05, 0.1) is 25.4 Å². The van der Waals surface area contributed by atoms with Crippen LogP contribution in [0.4, 0.5) is 0 Å². The van der Waals surface area contributed by atoms with Crippen molar-refractivity contribution in [3.05, 3.63) is 85.1 Å². The number of nitrogens with one attached hydrogen (secondary N) is 1. The molecule has 8 atom stereocenters. The highest BCUT2D eigenvalue weighted by molar-refractivity contribution is 5.80. The summed E-state index contributed by atoms with van der Waals surface area (Å²) in [6, 6.07) is -1.03. The lowest BCUT2D eigenvalue weighted by Gasteiger charge is -2.41. The molecule has 8 unspecified atom stereocenters. The number of hydrogen-bond donors (Lipinski definition) is 6. The zero-order valence-electron chi connectivity index (χ0n) is 46.2. The van der Waals surface area contributed by atoms with E-state index in [4.69, 9.17) is 14.2 Å². The first kappa shape index (κ1) is 67.9. The van der Waals surface area contributed by atoms with Crippen molar-refractivity contribution in [2.24, 2.45) is 0 Å². The summed E-state index contributed by atoms with van der Waals surface area (Å²) < 4.78 is 17.5. The molecule has 0 aromatic rings. The minimum atomic E-state index is -1.63. The number of carbonyl (C=O) groups excluding carboxylic acids is 2. The van der Waals surface area contributed by atoms with Gasteiger partial charge in [0.15, 0.2) is 12.4 Å². The van der Waals surface area contributed by atoms with Crippen molar-refractivity contribution >= 4 is 11.9 Å². The van der Waals surface area contributed by atoms with E-state index in [1.165, 1.54) is 83.5 Å². The lowest BCUT2D eigenvalue weighted by atomic mass is 9.99. The fourth-order valence-electron chi connectivity index (χ4n) is 8.65. The molecule has 11 heteroatoms. The number of hydrogen-bond acceptors (Lipinski definition) is 10. The Bertz CT molecular complexity index is 1510. The van der Waals surface area contributed by atoms with E-state index in [1.54, 1.807) is 6.08 Å². The summed E-state index contributed by atoms with van der Waals surface area (Å²) in [5.74, 6) is -1.23. The van der Waals surface area contributed by atoms with Crippen LogP contribution in [0.2, 0.25) is 0 Å².